The van der Waals surface area contributed by atoms with Crippen LogP contribution < -0.4 is 0 Å². The maximum atomic E-state index is 5.90. The minimum Gasteiger partial charge on any atom is -0.393 e. The molecule has 0 aromatic carbocycles. The molecule has 0 aromatic rings. The van der Waals surface area contributed by atoms with Crippen LogP contribution in [0, 0.1) is 0 Å². The van der Waals surface area contributed by atoms with E-state index in [0.29, 0.717) is 13.2 Å². The zero-order valence-corrected chi connectivity index (χ0v) is 11.8. The summed E-state index contributed by atoms with van der Waals surface area (Å²) >= 11 is 0. The van der Waals surface area contributed by atoms with Crippen molar-refractivity contribution in [1.82, 2.24) is 0 Å². The van der Waals surface area contributed by atoms with Crippen LogP contribution in [0.5, 0.6) is 0 Å². The van der Waals surface area contributed by atoms with E-state index in [1.807, 2.05) is 13.8 Å². The molecule has 0 aliphatic carbocycles. The standard InChI is InChI=1S/C11H24O4Si/c1-5-11(15-10-8-9-12-10)16(4,13-6-2)14-7-3/h10-11H,5-9H2,1-4H3. The van der Waals surface area contributed by atoms with Gasteiger partial charge in [0.05, 0.1) is 6.61 Å². The molecule has 0 saturated carbocycles. The summed E-state index contributed by atoms with van der Waals surface area (Å²) in [6.45, 7) is 10.3. The van der Waals surface area contributed by atoms with Gasteiger partial charge in [-0.1, -0.05) is 6.92 Å². The zero-order valence-electron chi connectivity index (χ0n) is 10.8. The summed E-state index contributed by atoms with van der Waals surface area (Å²) in [6.07, 6.45) is 1.85. The van der Waals surface area contributed by atoms with Crippen molar-refractivity contribution in [2.45, 2.75) is 52.2 Å². The smallest absolute Gasteiger partial charge is 0.364 e. The molecule has 16 heavy (non-hydrogen) atoms. The molecule has 0 bridgehead atoms. The number of ether oxygens (including phenoxy) is 2. The van der Waals surface area contributed by atoms with E-state index in [1.54, 1.807) is 0 Å². The highest BCUT2D eigenvalue weighted by Gasteiger charge is 2.43. The SMILES string of the molecule is CCO[Si](C)(OCC)C(CC)OC1CCO1. The summed E-state index contributed by atoms with van der Waals surface area (Å²) in [5.74, 6) is 0. The molecule has 0 radical (unpaired) electrons. The Morgan fingerprint density at radius 1 is 1.25 bits per heavy atom. The lowest BCUT2D eigenvalue weighted by molar-refractivity contribution is -0.228. The summed E-state index contributed by atoms with van der Waals surface area (Å²) in [7, 11) is -2.23. The van der Waals surface area contributed by atoms with Crippen LogP contribution in [0.15, 0.2) is 0 Å². The zero-order chi connectivity index (χ0) is 12.0. The Morgan fingerprint density at radius 2 is 1.81 bits per heavy atom. The van der Waals surface area contributed by atoms with Gasteiger partial charge in [-0.05, 0) is 26.8 Å². The van der Waals surface area contributed by atoms with Gasteiger partial charge in [0.2, 0.25) is 0 Å². The fourth-order valence-electron chi connectivity index (χ4n) is 1.90. The van der Waals surface area contributed by atoms with Crippen molar-refractivity contribution >= 4 is 8.56 Å². The molecule has 1 aliphatic rings. The summed E-state index contributed by atoms with van der Waals surface area (Å²) in [4.78, 5) is 0. The topological polar surface area (TPSA) is 36.9 Å². The van der Waals surface area contributed by atoms with E-state index in [2.05, 4.69) is 13.5 Å². The third-order valence-corrected chi connectivity index (χ3v) is 6.23. The molecule has 4 nitrogen and oxygen atoms in total. The highest BCUT2D eigenvalue weighted by molar-refractivity contribution is 6.67. The fraction of sp³-hybridized carbons (Fsp3) is 1.00. The van der Waals surface area contributed by atoms with Crippen LogP contribution >= 0.6 is 0 Å². The molecule has 1 rings (SSSR count). The van der Waals surface area contributed by atoms with Crippen LogP contribution in [0.1, 0.15) is 33.6 Å². The second kappa shape index (κ2) is 6.71. The first kappa shape index (κ1) is 14.1. The van der Waals surface area contributed by atoms with Gasteiger partial charge in [-0.3, -0.25) is 0 Å². The van der Waals surface area contributed by atoms with E-state index >= 15 is 0 Å². The highest BCUT2D eigenvalue weighted by atomic mass is 28.4. The lowest BCUT2D eigenvalue weighted by Gasteiger charge is -2.37. The van der Waals surface area contributed by atoms with Crippen molar-refractivity contribution in [3.63, 3.8) is 0 Å². The number of rotatable bonds is 8. The van der Waals surface area contributed by atoms with Gasteiger partial charge in [0.1, 0.15) is 5.73 Å². The predicted molar refractivity (Wildman–Crippen MR) is 64.4 cm³/mol. The van der Waals surface area contributed by atoms with Crippen molar-refractivity contribution in [3.8, 4) is 0 Å². The molecule has 1 aliphatic heterocycles. The molecule has 5 heteroatoms. The van der Waals surface area contributed by atoms with E-state index in [9.17, 15) is 0 Å². The number of hydrogen-bond acceptors (Lipinski definition) is 4. The third kappa shape index (κ3) is 3.53. The molecule has 1 fully saturated rings. The van der Waals surface area contributed by atoms with Gasteiger partial charge >= 0.3 is 8.56 Å². The maximum Gasteiger partial charge on any atom is 0.364 e. The van der Waals surface area contributed by atoms with E-state index < -0.39 is 8.56 Å². The molecule has 1 saturated heterocycles. The molecule has 2 unspecified atom stereocenters. The molecule has 2 atom stereocenters. The molecule has 96 valence electrons. The third-order valence-electron chi connectivity index (χ3n) is 2.79. The first-order valence-electron chi connectivity index (χ1n) is 6.21. The average molecular weight is 248 g/mol. The van der Waals surface area contributed by atoms with E-state index in [0.717, 1.165) is 19.4 Å². The molecule has 0 aromatic heterocycles. The van der Waals surface area contributed by atoms with Crippen molar-refractivity contribution in [3.05, 3.63) is 0 Å². The first-order chi connectivity index (χ1) is 7.66. The van der Waals surface area contributed by atoms with Crippen LogP contribution in [0.25, 0.3) is 0 Å². The summed E-state index contributed by atoms with van der Waals surface area (Å²) in [5, 5.41) is 0. The highest BCUT2D eigenvalue weighted by Crippen LogP contribution is 2.24. The molecule has 0 spiro atoms. The summed E-state index contributed by atoms with van der Waals surface area (Å²) < 4.78 is 22.9. The van der Waals surface area contributed by atoms with Gasteiger partial charge in [0, 0.05) is 19.6 Å². The van der Waals surface area contributed by atoms with Crippen molar-refractivity contribution in [2.75, 3.05) is 19.8 Å². The van der Waals surface area contributed by atoms with Crippen LogP contribution in [-0.2, 0) is 18.3 Å². The van der Waals surface area contributed by atoms with E-state index in [1.165, 1.54) is 0 Å². The second-order valence-corrected chi connectivity index (χ2v) is 7.26. The van der Waals surface area contributed by atoms with Gasteiger partial charge in [-0.25, -0.2) is 0 Å². The van der Waals surface area contributed by atoms with Gasteiger partial charge < -0.3 is 18.3 Å². The lowest BCUT2D eigenvalue weighted by atomic mass is 10.3. The fourth-order valence-corrected chi connectivity index (χ4v) is 4.64. The van der Waals surface area contributed by atoms with Gasteiger partial charge in [0.15, 0.2) is 6.29 Å². The van der Waals surface area contributed by atoms with Gasteiger partial charge in [-0.2, -0.15) is 0 Å². The van der Waals surface area contributed by atoms with Crippen LogP contribution in [-0.4, -0.2) is 40.4 Å². The largest absolute Gasteiger partial charge is 0.393 e. The van der Waals surface area contributed by atoms with E-state index in [-0.39, 0.29) is 12.0 Å². The normalized spacial score (nSPS) is 22.9. The van der Waals surface area contributed by atoms with Gasteiger partial charge in [-0.15, -0.1) is 0 Å². The number of hydrogen-bond donors (Lipinski definition) is 0. The molecule has 0 amide bonds. The monoisotopic (exact) mass is 248 g/mol. The predicted octanol–water partition coefficient (Wildman–Crippen LogP) is 2.21. The molecule has 1 heterocycles. The van der Waals surface area contributed by atoms with Gasteiger partial charge in [0.25, 0.3) is 0 Å². The van der Waals surface area contributed by atoms with Crippen molar-refractivity contribution in [2.24, 2.45) is 0 Å². The molecular formula is C11H24O4Si. The average Bonchev–Trinajstić information content (AvgIpc) is 2.16. The Morgan fingerprint density at radius 3 is 2.12 bits per heavy atom. The molecular weight excluding hydrogens is 224 g/mol. The lowest BCUT2D eigenvalue weighted by Crippen LogP contribution is -2.54. The van der Waals surface area contributed by atoms with Crippen molar-refractivity contribution in [1.29, 1.82) is 0 Å². The summed E-state index contributed by atoms with van der Waals surface area (Å²) in [6, 6.07) is 0. The molecule has 0 N–H and O–H groups in total. The van der Waals surface area contributed by atoms with Crippen LogP contribution in [0.3, 0.4) is 0 Å². The Balaban J connectivity index is 2.55. The Labute approximate surface area is 99.5 Å². The Bertz CT molecular complexity index is 190. The summed E-state index contributed by atoms with van der Waals surface area (Å²) in [5.41, 5.74) is 0.0534. The first-order valence-corrected chi connectivity index (χ1v) is 8.60. The minimum absolute atomic E-state index is 0.0438. The quantitative estimate of drug-likeness (QED) is 0.617. The van der Waals surface area contributed by atoms with Crippen LogP contribution in [0.4, 0.5) is 0 Å². The Hall–Kier alpha value is 0.0569. The second-order valence-electron chi connectivity index (χ2n) is 4.00. The van der Waals surface area contributed by atoms with Crippen LogP contribution in [0.2, 0.25) is 6.55 Å². The maximum absolute atomic E-state index is 5.90. The van der Waals surface area contributed by atoms with E-state index in [4.69, 9.17) is 18.3 Å². The minimum atomic E-state index is -2.23. The van der Waals surface area contributed by atoms with Crippen molar-refractivity contribution < 1.29 is 18.3 Å². The Kier molecular flexibility index (Phi) is 5.92.